The summed E-state index contributed by atoms with van der Waals surface area (Å²) in [6.07, 6.45) is 1.54. The number of carbonyl (C=O) groups excluding carboxylic acids is 1. The van der Waals surface area contributed by atoms with E-state index in [-0.39, 0.29) is 5.91 Å². The molecule has 4 heteroatoms. The quantitative estimate of drug-likeness (QED) is 0.401. The van der Waals surface area contributed by atoms with E-state index in [1.165, 1.54) is 13.1 Å². The highest BCUT2D eigenvalue weighted by molar-refractivity contribution is 5.89. The number of hydrazone groups is 1. The Balaban J connectivity index is 2.75. The van der Waals surface area contributed by atoms with Gasteiger partial charge in [-0.25, -0.2) is 0 Å². The second-order valence-electron chi connectivity index (χ2n) is 2.58. The second-order valence-corrected chi connectivity index (χ2v) is 2.58. The van der Waals surface area contributed by atoms with Crippen LogP contribution in [0.3, 0.4) is 0 Å². The smallest absolute Gasteiger partial charge is 0.221 e. The van der Waals surface area contributed by atoms with Crippen molar-refractivity contribution in [1.82, 2.24) is 0 Å². The van der Waals surface area contributed by atoms with E-state index in [1.807, 2.05) is 12.1 Å². The van der Waals surface area contributed by atoms with Crippen molar-refractivity contribution in [2.24, 2.45) is 10.9 Å². The summed E-state index contributed by atoms with van der Waals surface area (Å²) in [4.78, 5) is 10.7. The molecule has 3 N–H and O–H groups in total. The standard InChI is InChI=1S/C9H11N3O/c1-7(13)12-9-4-2-8(3-5-9)6-11-10/h2-6H,10H2,1H3,(H,12,13)/b11-6-. The summed E-state index contributed by atoms with van der Waals surface area (Å²) in [5.74, 6) is 4.90. The molecular formula is C9H11N3O. The maximum Gasteiger partial charge on any atom is 0.221 e. The minimum absolute atomic E-state index is 0.0831. The zero-order chi connectivity index (χ0) is 9.68. The van der Waals surface area contributed by atoms with Crippen LogP contribution in [0.1, 0.15) is 12.5 Å². The molecule has 13 heavy (non-hydrogen) atoms. The van der Waals surface area contributed by atoms with Crippen LogP contribution in [0.15, 0.2) is 29.4 Å². The van der Waals surface area contributed by atoms with E-state index in [1.54, 1.807) is 12.1 Å². The first-order valence-electron chi connectivity index (χ1n) is 3.83. The molecule has 0 bridgehead atoms. The highest BCUT2D eigenvalue weighted by Gasteiger charge is 1.93. The van der Waals surface area contributed by atoms with Gasteiger partial charge in [0.1, 0.15) is 0 Å². The number of nitrogens with one attached hydrogen (secondary N) is 1. The summed E-state index contributed by atoms with van der Waals surface area (Å²) >= 11 is 0. The van der Waals surface area contributed by atoms with Crippen LogP contribution in [-0.2, 0) is 4.79 Å². The van der Waals surface area contributed by atoms with Gasteiger partial charge in [-0.3, -0.25) is 4.79 Å². The Hall–Kier alpha value is -1.84. The second kappa shape index (κ2) is 4.25. The maximum atomic E-state index is 10.7. The number of nitrogens with two attached hydrogens (primary N) is 1. The predicted molar refractivity (Wildman–Crippen MR) is 52.5 cm³/mol. The molecule has 0 atom stereocenters. The number of benzene rings is 1. The fourth-order valence-corrected chi connectivity index (χ4v) is 0.942. The van der Waals surface area contributed by atoms with Crippen molar-refractivity contribution in [3.05, 3.63) is 29.8 Å². The summed E-state index contributed by atoms with van der Waals surface area (Å²) in [5.41, 5.74) is 1.67. The molecule has 0 radical (unpaired) electrons. The van der Waals surface area contributed by atoms with Gasteiger partial charge in [0.25, 0.3) is 0 Å². The van der Waals surface area contributed by atoms with Gasteiger partial charge in [-0.2, -0.15) is 5.10 Å². The average molecular weight is 177 g/mol. The first-order chi connectivity index (χ1) is 6.22. The normalized spacial score (nSPS) is 10.2. The summed E-state index contributed by atoms with van der Waals surface area (Å²) in [5, 5.41) is 6.04. The molecule has 1 rings (SSSR count). The zero-order valence-electron chi connectivity index (χ0n) is 7.32. The molecule has 0 spiro atoms. The van der Waals surface area contributed by atoms with E-state index in [2.05, 4.69) is 10.4 Å². The summed E-state index contributed by atoms with van der Waals surface area (Å²) in [6.45, 7) is 1.47. The van der Waals surface area contributed by atoms with E-state index >= 15 is 0 Å². The molecule has 1 aromatic carbocycles. The number of hydrogen-bond donors (Lipinski definition) is 2. The van der Waals surface area contributed by atoms with Crippen molar-refractivity contribution in [2.75, 3.05) is 5.32 Å². The van der Waals surface area contributed by atoms with Gasteiger partial charge in [0, 0.05) is 12.6 Å². The fourth-order valence-electron chi connectivity index (χ4n) is 0.942. The number of rotatable bonds is 2. The molecule has 1 amide bonds. The van der Waals surface area contributed by atoms with Crippen LogP contribution in [0, 0.1) is 0 Å². The van der Waals surface area contributed by atoms with Gasteiger partial charge in [-0.1, -0.05) is 12.1 Å². The minimum Gasteiger partial charge on any atom is -0.326 e. The van der Waals surface area contributed by atoms with Crippen LogP contribution in [-0.4, -0.2) is 12.1 Å². The molecule has 0 fully saturated rings. The molecular weight excluding hydrogens is 166 g/mol. The van der Waals surface area contributed by atoms with Crippen molar-refractivity contribution < 1.29 is 4.79 Å². The summed E-state index contributed by atoms with van der Waals surface area (Å²) in [6, 6.07) is 7.22. The average Bonchev–Trinajstić information content (AvgIpc) is 2.08. The molecule has 0 aromatic heterocycles. The van der Waals surface area contributed by atoms with Crippen molar-refractivity contribution in [1.29, 1.82) is 0 Å². The molecule has 1 aromatic rings. The monoisotopic (exact) mass is 177 g/mol. The highest BCUT2D eigenvalue weighted by atomic mass is 16.1. The predicted octanol–water partition coefficient (Wildman–Crippen LogP) is 0.938. The van der Waals surface area contributed by atoms with Gasteiger partial charge in [-0.15, -0.1) is 0 Å². The topological polar surface area (TPSA) is 67.5 Å². The first kappa shape index (κ1) is 9.25. The largest absolute Gasteiger partial charge is 0.326 e. The van der Waals surface area contributed by atoms with Crippen LogP contribution in [0.4, 0.5) is 5.69 Å². The molecule has 0 unspecified atom stereocenters. The van der Waals surface area contributed by atoms with Crippen LogP contribution in [0.25, 0.3) is 0 Å². The third-order valence-electron chi connectivity index (χ3n) is 1.45. The van der Waals surface area contributed by atoms with Crippen molar-refractivity contribution >= 4 is 17.8 Å². The molecule has 4 nitrogen and oxygen atoms in total. The van der Waals surface area contributed by atoms with E-state index in [4.69, 9.17) is 5.84 Å². The highest BCUT2D eigenvalue weighted by Crippen LogP contribution is 2.07. The Bertz CT molecular complexity index is 316. The maximum absolute atomic E-state index is 10.7. The Morgan fingerprint density at radius 1 is 1.46 bits per heavy atom. The molecule has 0 aliphatic heterocycles. The molecule has 68 valence electrons. The van der Waals surface area contributed by atoms with E-state index in [0.29, 0.717) is 0 Å². The van der Waals surface area contributed by atoms with E-state index in [0.717, 1.165) is 11.3 Å². The summed E-state index contributed by atoms with van der Waals surface area (Å²) in [7, 11) is 0. The zero-order valence-corrected chi connectivity index (χ0v) is 7.32. The number of amides is 1. The van der Waals surface area contributed by atoms with Crippen molar-refractivity contribution in [2.45, 2.75) is 6.92 Å². The minimum atomic E-state index is -0.0831. The molecule has 0 aliphatic carbocycles. The van der Waals surface area contributed by atoms with Crippen LogP contribution in [0.2, 0.25) is 0 Å². The van der Waals surface area contributed by atoms with Crippen LogP contribution in [0.5, 0.6) is 0 Å². The van der Waals surface area contributed by atoms with Gasteiger partial charge < -0.3 is 11.2 Å². The third-order valence-corrected chi connectivity index (χ3v) is 1.45. The first-order valence-corrected chi connectivity index (χ1v) is 3.83. The number of anilines is 1. The molecule has 0 saturated heterocycles. The van der Waals surface area contributed by atoms with E-state index in [9.17, 15) is 4.79 Å². The number of nitrogens with zero attached hydrogens (tertiary/aromatic N) is 1. The Morgan fingerprint density at radius 3 is 2.54 bits per heavy atom. The van der Waals surface area contributed by atoms with Gasteiger partial charge in [0.05, 0.1) is 6.21 Å². The Morgan fingerprint density at radius 2 is 2.08 bits per heavy atom. The lowest BCUT2D eigenvalue weighted by molar-refractivity contribution is -0.114. The lowest BCUT2D eigenvalue weighted by Crippen LogP contribution is -2.05. The lowest BCUT2D eigenvalue weighted by Gasteiger charge is -2.00. The molecule has 0 heterocycles. The lowest BCUT2D eigenvalue weighted by atomic mass is 10.2. The molecule has 0 saturated carbocycles. The number of hydrogen-bond acceptors (Lipinski definition) is 3. The fraction of sp³-hybridized carbons (Fsp3) is 0.111. The van der Waals surface area contributed by atoms with Crippen LogP contribution >= 0.6 is 0 Å². The Kier molecular flexibility index (Phi) is 3.03. The SMILES string of the molecule is CC(=O)Nc1ccc(/C=N\N)cc1. The van der Waals surface area contributed by atoms with Gasteiger partial charge in [-0.05, 0) is 17.7 Å². The molecule has 0 aliphatic rings. The van der Waals surface area contributed by atoms with Crippen LogP contribution < -0.4 is 11.2 Å². The summed E-state index contributed by atoms with van der Waals surface area (Å²) < 4.78 is 0. The van der Waals surface area contributed by atoms with Crippen molar-refractivity contribution in [3.8, 4) is 0 Å². The third kappa shape index (κ3) is 2.94. The Labute approximate surface area is 76.4 Å². The number of carbonyl (C=O) groups is 1. The van der Waals surface area contributed by atoms with Gasteiger partial charge >= 0.3 is 0 Å². The van der Waals surface area contributed by atoms with Gasteiger partial charge in [0.2, 0.25) is 5.91 Å². The van der Waals surface area contributed by atoms with Crippen molar-refractivity contribution in [3.63, 3.8) is 0 Å². The van der Waals surface area contributed by atoms with Gasteiger partial charge in [0.15, 0.2) is 0 Å². The van der Waals surface area contributed by atoms with E-state index < -0.39 is 0 Å².